The van der Waals surface area contributed by atoms with Crippen molar-refractivity contribution in [2.45, 2.75) is 26.4 Å². The number of benzene rings is 1. The fourth-order valence-electron chi connectivity index (χ4n) is 1.41. The van der Waals surface area contributed by atoms with E-state index in [0.717, 1.165) is 5.56 Å². The quantitative estimate of drug-likeness (QED) is 0.778. The molecule has 0 radical (unpaired) electrons. The molecule has 3 heteroatoms. The van der Waals surface area contributed by atoms with E-state index in [1.54, 1.807) is 7.11 Å². The highest BCUT2D eigenvalue weighted by atomic mass is 16.5. The van der Waals surface area contributed by atoms with E-state index in [4.69, 9.17) is 14.6 Å². The third kappa shape index (κ3) is 3.50. The molecule has 0 heterocycles. The number of methoxy groups -OCH3 is 1. The number of hydrogen-bond donors (Lipinski definition) is 1. The van der Waals surface area contributed by atoms with Crippen molar-refractivity contribution in [3.05, 3.63) is 36.1 Å². The summed E-state index contributed by atoms with van der Waals surface area (Å²) < 4.78 is 10.8. The molecule has 0 aliphatic carbocycles. The molecular weight excluding hydrogens is 204 g/mol. The van der Waals surface area contributed by atoms with Gasteiger partial charge in [0.2, 0.25) is 0 Å². The van der Waals surface area contributed by atoms with Crippen molar-refractivity contribution in [3.63, 3.8) is 0 Å². The lowest BCUT2D eigenvalue weighted by atomic mass is 10.1. The van der Waals surface area contributed by atoms with Gasteiger partial charge in [0.05, 0.1) is 19.0 Å². The maximum absolute atomic E-state index is 9.12. The number of aliphatic hydroxyl groups excluding tert-OH is 1. The highest BCUT2D eigenvalue weighted by molar-refractivity contribution is 5.43. The van der Waals surface area contributed by atoms with Crippen molar-refractivity contribution in [2.75, 3.05) is 7.11 Å². The van der Waals surface area contributed by atoms with E-state index in [9.17, 15) is 0 Å². The molecule has 0 saturated heterocycles. The zero-order chi connectivity index (χ0) is 12.1. The van der Waals surface area contributed by atoms with Crippen LogP contribution in [0.4, 0.5) is 0 Å². The summed E-state index contributed by atoms with van der Waals surface area (Å²) in [6.45, 7) is 7.38. The molecule has 0 bridgehead atoms. The van der Waals surface area contributed by atoms with Gasteiger partial charge in [0, 0.05) is 6.42 Å². The van der Waals surface area contributed by atoms with Crippen LogP contribution in [-0.2, 0) is 6.42 Å². The van der Waals surface area contributed by atoms with Crippen LogP contribution in [0.3, 0.4) is 0 Å². The largest absolute Gasteiger partial charge is 0.513 e. The molecule has 1 rings (SSSR count). The molecule has 0 aliphatic heterocycles. The van der Waals surface area contributed by atoms with Gasteiger partial charge in [0.25, 0.3) is 0 Å². The van der Waals surface area contributed by atoms with Crippen molar-refractivity contribution in [1.82, 2.24) is 0 Å². The minimum atomic E-state index is 0.104. The Hall–Kier alpha value is -1.64. The summed E-state index contributed by atoms with van der Waals surface area (Å²) in [4.78, 5) is 0. The molecule has 0 amide bonds. The van der Waals surface area contributed by atoms with Crippen molar-refractivity contribution in [1.29, 1.82) is 0 Å². The molecule has 1 N–H and O–H groups in total. The Morgan fingerprint density at radius 2 is 2.06 bits per heavy atom. The summed E-state index contributed by atoms with van der Waals surface area (Å²) in [5, 5.41) is 9.12. The van der Waals surface area contributed by atoms with Gasteiger partial charge in [-0.1, -0.05) is 12.6 Å². The number of allylic oxidation sites excluding steroid dienone is 1. The highest BCUT2D eigenvalue weighted by Crippen LogP contribution is 2.29. The monoisotopic (exact) mass is 222 g/mol. The summed E-state index contributed by atoms with van der Waals surface area (Å²) in [7, 11) is 1.60. The van der Waals surface area contributed by atoms with Crippen LogP contribution in [0.5, 0.6) is 11.5 Å². The Kier molecular flexibility index (Phi) is 4.23. The van der Waals surface area contributed by atoms with E-state index in [2.05, 4.69) is 6.58 Å². The summed E-state index contributed by atoms with van der Waals surface area (Å²) in [6.07, 6.45) is 0.533. The zero-order valence-electron chi connectivity index (χ0n) is 9.99. The second-order valence-electron chi connectivity index (χ2n) is 3.89. The molecule has 0 aliphatic rings. The minimum Gasteiger partial charge on any atom is -0.513 e. The lowest BCUT2D eigenvalue weighted by Crippen LogP contribution is -2.06. The van der Waals surface area contributed by atoms with Crippen LogP contribution in [0.15, 0.2) is 30.5 Å². The number of ether oxygens (including phenoxy) is 2. The first-order valence-electron chi connectivity index (χ1n) is 5.23. The molecule has 1 aromatic carbocycles. The number of hydrogen-bond acceptors (Lipinski definition) is 3. The molecule has 0 fully saturated rings. The summed E-state index contributed by atoms with van der Waals surface area (Å²) in [6, 6.07) is 5.58. The van der Waals surface area contributed by atoms with Crippen LogP contribution in [0.1, 0.15) is 19.4 Å². The van der Waals surface area contributed by atoms with Gasteiger partial charge in [-0.2, -0.15) is 0 Å². The van der Waals surface area contributed by atoms with E-state index in [1.165, 1.54) is 0 Å². The average molecular weight is 222 g/mol. The van der Waals surface area contributed by atoms with Gasteiger partial charge in [-0.3, -0.25) is 0 Å². The molecule has 0 saturated carbocycles. The molecular formula is C13H18O3. The fourth-order valence-corrected chi connectivity index (χ4v) is 1.41. The smallest absolute Gasteiger partial charge is 0.161 e. The second-order valence-corrected chi connectivity index (χ2v) is 3.89. The fraction of sp³-hybridized carbons (Fsp3) is 0.385. The van der Waals surface area contributed by atoms with Gasteiger partial charge < -0.3 is 14.6 Å². The maximum Gasteiger partial charge on any atom is 0.161 e. The summed E-state index contributed by atoms with van der Waals surface area (Å²) in [5.74, 6) is 1.52. The van der Waals surface area contributed by atoms with Gasteiger partial charge in [0.15, 0.2) is 11.5 Å². The van der Waals surface area contributed by atoms with Crippen LogP contribution in [-0.4, -0.2) is 18.3 Å². The average Bonchev–Trinajstić information content (AvgIpc) is 2.18. The van der Waals surface area contributed by atoms with Crippen molar-refractivity contribution in [2.24, 2.45) is 0 Å². The van der Waals surface area contributed by atoms with Crippen molar-refractivity contribution in [3.8, 4) is 11.5 Å². The molecule has 16 heavy (non-hydrogen) atoms. The number of aliphatic hydroxyl groups is 1. The Morgan fingerprint density at radius 3 is 2.56 bits per heavy atom. The van der Waals surface area contributed by atoms with Crippen LogP contribution in [0.2, 0.25) is 0 Å². The molecule has 88 valence electrons. The first kappa shape index (κ1) is 12.4. The highest BCUT2D eigenvalue weighted by Gasteiger charge is 2.07. The van der Waals surface area contributed by atoms with Crippen LogP contribution < -0.4 is 9.47 Å². The van der Waals surface area contributed by atoms with E-state index < -0.39 is 0 Å². The standard InChI is InChI=1S/C13H18O3/c1-9(2)16-12-6-5-11(7-10(3)14)8-13(12)15-4/h5-6,8-9,14H,3,7H2,1-2,4H3. The molecule has 0 atom stereocenters. The predicted octanol–water partition coefficient (Wildman–Crippen LogP) is 3.10. The molecule has 0 unspecified atom stereocenters. The Labute approximate surface area is 96.3 Å². The SMILES string of the molecule is C=C(O)Cc1ccc(OC(C)C)c(OC)c1. The normalized spacial score (nSPS) is 10.2. The first-order valence-corrected chi connectivity index (χ1v) is 5.23. The molecule has 0 spiro atoms. The van der Waals surface area contributed by atoms with Gasteiger partial charge >= 0.3 is 0 Å². The van der Waals surface area contributed by atoms with E-state index in [0.29, 0.717) is 17.9 Å². The molecule has 3 nitrogen and oxygen atoms in total. The van der Waals surface area contributed by atoms with Crippen molar-refractivity contribution >= 4 is 0 Å². The lowest BCUT2D eigenvalue weighted by molar-refractivity contribution is 0.230. The van der Waals surface area contributed by atoms with Gasteiger partial charge in [-0.05, 0) is 31.5 Å². The Bertz CT molecular complexity index is 369. The lowest BCUT2D eigenvalue weighted by Gasteiger charge is -2.14. The van der Waals surface area contributed by atoms with Gasteiger partial charge in [0.1, 0.15) is 0 Å². The predicted molar refractivity (Wildman–Crippen MR) is 64.2 cm³/mol. The van der Waals surface area contributed by atoms with E-state index in [-0.39, 0.29) is 11.9 Å². The second kappa shape index (κ2) is 5.45. The third-order valence-corrected chi connectivity index (χ3v) is 2.00. The van der Waals surface area contributed by atoms with Crippen LogP contribution in [0.25, 0.3) is 0 Å². The summed E-state index contributed by atoms with van der Waals surface area (Å²) in [5.41, 5.74) is 0.945. The first-order chi connectivity index (χ1) is 7.52. The number of rotatable bonds is 5. The van der Waals surface area contributed by atoms with Gasteiger partial charge in [-0.25, -0.2) is 0 Å². The van der Waals surface area contributed by atoms with E-state index >= 15 is 0 Å². The van der Waals surface area contributed by atoms with Crippen LogP contribution in [0, 0.1) is 0 Å². The summed E-state index contributed by atoms with van der Waals surface area (Å²) >= 11 is 0. The van der Waals surface area contributed by atoms with Gasteiger partial charge in [-0.15, -0.1) is 0 Å². The Morgan fingerprint density at radius 1 is 1.38 bits per heavy atom. The Balaban J connectivity index is 2.92. The topological polar surface area (TPSA) is 38.7 Å². The molecule has 0 aromatic heterocycles. The van der Waals surface area contributed by atoms with E-state index in [1.807, 2.05) is 32.0 Å². The van der Waals surface area contributed by atoms with Crippen LogP contribution >= 0.6 is 0 Å². The molecule has 1 aromatic rings. The minimum absolute atomic E-state index is 0.104. The zero-order valence-corrected chi connectivity index (χ0v) is 9.99. The third-order valence-electron chi connectivity index (χ3n) is 2.00. The van der Waals surface area contributed by atoms with Crippen molar-refractivity contribution < 1.29 is 14.6 Å². The maximum atomic E-state index is 9.12.